The van der Waals surface area contributed by atoms with E-state index in [-0.39, 0.29) is 12.3 Å². The molecular formula is C11H11ClN4O4. The Balaban J connectivity index is 1.91. The summed E-state index contributed by atoms with van der Waals surface area (Å²) in [6.07, 6.45) is 0. The largest absolute Gasteiger partial charge is 0.472 e. The molecule has 0 fully saturated rings. The van der Waals surface area contributed by atoms with E-state index in [2.05, 4.69) is 20.3 Å². The van der Waals surface area contributed by atoms with Gasteiger partial charge in [-0.05, 0) is 24.2 Å². The summed E-state index contributed by atoms with van der Waals surface area (Å²) in [6, 6.07) is 4.41. The van der Waals surface area contributed by atoms with E-state index in [9.17, 15) is 10.1 Å². The normalized spacial score (nSPS) is 10.3. The van der Waals surface area contributed by atoms with Gasteiger partial charge in [-0.15, -0.1) is 0 Å². The van der Waals surface area contributed by atoms with Gasteiger partial charge in [0.2, 0.25) is 0 Å². The van der Waals surface area contributed by atoms with Crippen LogP contribution in [0.25, 0.3) is 0 Å². The van der Waals surface area contributed by atoms with Crippen molar-refractivity contribution in [1.82, 2.24) is 10.3 Å². The quantitative estimate of drug-likeness (QED) is 0.496. The lowest BCUT2D eigenvalue weighted by Crippen LogP contribution is -2.13. The molecule has 20 heavy (non-hydrogen) atoms. The van der Waals surface area contributed by atoms with Crippen LogP contribution in [-0.2, 0) is 0 Å². The SMILES string of the molecule is Cc1nonc1OCCNc1ccc(Cl)cc1[N+](=O)[O-]. The van der Waals surface area contributed by atoms with Crippen molar-refractivity contribution in [2.24, 2.45) is 0 Å². The van der Waals surface area contributed by atoms with Gasteiger partial charge in [0.15, 0.2) is 0 Å². The highest BCUT2D eigenvalue weighted by atomic mass is 35.5. The molecule has 0 spiro atoms. The van der Waals surface area contributed by atoms with Gasteiger partial charge in [-0.3, -0.25) is 10.1 Å². The molecule has 0 saturated heterocycles. The molecule has 106 valence electrons. The van der Waals surface area contributed by atoms with Gasteiger partial charge in [-0.25, -0.2) is 4.63 Å². The van der Waals surface area contributed by atoms with E-state index in [4.69, 9.17) is 16.3 Å². The number of benzene rings is 1. The van der Waals surface area contributed by atoms with Crippen molar-refractivity contribution < 1.29 is 14.3 Å². The summed E-state index contributed by atoms with van der Waals surface area (Å²) in [6.45, 7) is 2.31. The standard InChI is InChI=1S/C11H11ClN4O4/c1-7-11(15-20-14-7)19-5-4-13-9-3-2-8(12)6-10(9)16(17)18/h2-3,6,13H,4-5H2,1H3. The molecule has 0 saturated carbocycles. The maximum absolute atomic E-state index is 10.9. The Morgan fingerprint density at radius 1 is 1.50 bits per heavy atom. The molecule has 1 N–H and O–H groups in total. The predicted octanol–water partition coefficient (Wildman–Crippen LogP) is 2.43. The zero-order valence-electron chi connectivity index (χ0n) is 10.5. The van der Waals surface area contributed by atoms with Gasteiger partial charge in [0.05, 0.1) is 4.92 Å². The van der Waals surface area contributed by atoms with Crippen LogP contribution in [0.15, 0.2) is 22.8 Å². The first kappa shape index (κ1) is 14.1. The summed E-state index contributed by atoms with van der Waals surface area (Å²) in [4.78, 5) is 10.4. The number of anilines is 1. The van der Waals surface area contributed by atoms with Crippen LogP contribution in [0, 0.1) is 17.0 Å². The number of hydrogen-bond acceptors (Lipinski definition) is 7. The number of rotatable bonds is 6. The van der Waals surface area contributed by atoms with E-state index in [0.29, 0.717) is 28.8 Å². The Kier molecular flexibility index (Phi) is 4.36. The summed E-state index contributed by atoms with van der Waals surface area (Å²) >= 11 is 5.72. The molecule has 1 aromatic heterocycles. The van der Waals surface area contributed by atoms with Crippen molar-refractivity contribution in [3.8, 4) is 5.88 Å². The lowest BCUT2D eigenvalue weighted by molar-refractivity contribution is -0.383. The fraction of sp³-hybridized carbons (Fsp3) is 0.273. The maximum atomic E-state index is 10.9. The molecular weight excluding hydrogens is 288 g/mol. The molecule has 0 bridgehead atoms. The average Bonchev–Trinajstić information content (AvgIpc) is 2.81. The van der Waals surface area contributed by atoms with E-state index in [1.807, 2.05) is 0 Å². The van der Waals surface area contributed by atoms with Crippen molar-refractivity contribution in [2.45, 2.75) is 6.92 Å². The Morgan fingerprint density at radius 3 is 2.95 bits per heavy atom. The maximum Gasteiger partial charge on any atom is 0.293 e. The van der Waals surface area contributed by atoms with E-state index in [1.165, 1.54) is 6.07 Å². The van der Waals surface area contributed by atoms with Gasteiger partial charge in [-0.1, -0.05) is 16.8 Å². The van der Waals surface area contributed by atoms with Gasteiger partial charge in [0, 0.05) is 17.6 Å². The smallest absolute Gasteiger partial charge is 0.293 e. The minimum absolute atomic E-state index is 0.0863. The topological polar surface area (TPSA) is 103 Å². The molecule has 1 heterocycles. The molecule has 2 rings (SSSR count). The van der Waals surface area contributed by atoms with Gasteiger partial charge < -0.3 is 10.1 Å². The van der Waals surface area contributed by atoms with Gasteiger partial charge in [0.1, 0.15) is 18.0 Å². The first-order valence-electron chi connectivity index (χ1n) is 5.67. The number of aryl methyl sites for hydroxylation is 1. The van der Waals surface area contributed by atoms with E-state index in [1.54, 1.807) is 19.1 Å². The monoisotopic (exact) mass is 298 g/mol. The highest BCUT2D eigenvalue weighted by Crippen LogP contribution is 2.27. The van der Waals surface area contributed by atoms with Crippen molar-refractivity contribution in [2.75, 3.05) is 18.5 Å². The number of ether oxygens (including phenoxy) is 1. The molecule has 0 atom stereocenters. The minimum atomic E-state index is -0.499. The third kappa shape index (κ3) is 3.35. The number of nitro benzene ring substituents is 1. The third-order valence-corrected chi connectivity index (χ3v) is 2.66. The number of nitro groups is 1. The summed E-state index contributed by atoms with van der Waals surface area (Å²) in [5.74, 6) is 0.303. The zero-order valence-corrected chi connectivity index (χ0v) is 11.3. The van der Waals surface area contributed by atoms with Gasteiger partial charge in [0.25, 0.3) is 11.6 Å². The highest BCUT2D eigenvalue weighted by molar-refractivity contribution is 6.30. The third-order valence-electron chi connectivity index (χ3n) is 2.42. The molecule has 0 radical (unpaired) electrons. The van der Waals surface area contributed by atoms with E-state index >= 15 is 0 Å². The molecule has 9 heteroatoms. The highest BCUT2D eigenvalue weighted by Gasteiger charge is 2.14. The fourth-order valence-electron chi connectivity index (χ4n) is 1.49. The second-order valence-corrected chi connectivity index (χ2v) is 4.29. The van der Waals surface area contributed by atoms with Crippen LogP contribution in [0.4, 0.5) is 11.4 Å². The minimum Gasteiger partial charge on any atom is -0.472 e. The van der Waals surface area contributed by atoms with Crippen molar-refractivity contribution >= 4 is 23.0 Å². The molecule has 0 unspecified atom stereocenters. The Bertz CT molecular complexity index is 616. The van der Waals surface area contributed by atoms with Gasteiger partial charge in [-0.2, -0.15) is 0 Å². The lowest BCUT2D eigenvalue weighted by Gasteiger charge is -2.07. The predicted molar refractivity (Wildman–Crippen MR) is 71.1 cm³/mol. The molecule has 8 nitrogen and oxygen atoms in total. The lowest BCUT2D eigenvalue weighted by atomic mass is 10.2. The van der Waals surface area contributed by atoms with Crippen LogP contribution in [0.5, 0.6) is 5.88 Å². The van der Waals surface area contributed by atoms with Crippen LogP contribution in [0.1, 0.15) is 5.69 Å². The Labute approximate surface area is 118 Å². The Hall–Kier alpha value is -2.35. The molecule has 0 aliphatic rings. The number of aromatic nitrogens is 2. The number of hydrogen-bond donors (Lipinski definition) is 1. The van der Waals surface area contributed by atoms with Crippen LogP contribution in [0.3, 0.4) is 0 Å². The van der Waals surface area contributed by atoms with Crippen LogP contribution in [-0.4, -0.2) is 28.4 Å². The zero-order chi connectivity index (χ0) is 14.5. The number of halogens is 1. The molecule has 0 amide bonds. The first-order chi connectivity index (χ1) is 9.58. The van der Waals surface area contributed by atoms with Crippen LogP contribution < -0.4 is 10.1 Å². The van der Waals surface area contributed by atoms with E-state index < -0.39 is 4.92 Å². The first-order valence-corrected chi connectivity index (χ1v) is 6.05. The molecule has 0 aliphatic carbocycles. The molecule has 0 aliphatic heterocycles. The van der Waals surface area contributed by atoms with E-state index in [0.717, 1.165) is 0 Å². The summed E-state index contributed by atoms with van der Waals surface area (Å²) in [7, 11) is 0. The molecule has 1 aromatic carbocycles. The van der Waals surface area contributed by atoms with Crippen LogP contribution in [0.2, 0.25) is 5.02 Å². The van der Waals surface area contributed by atoms with Crippen LogP contribution >= 0.6 is 11.6 Å². The fourth-order valence-corrected chi connectivity index (χ4v) is 1.66. The summed E-state index contributed by atoms with van der Waals surface area (Å²) < 4.78 is 9.77. The number of nitrogens with zero attached hydrogens (tertiary/aromatic N) is 3. The van der Waals surface area contributed by atoms with Gasteiger partial charge >= 0.3 is 0 Å². The van der Waals surface area contributed by atoms with Crippen molar-refractivity contribution in [1.29, 1.82) is 0 Å². The second kappa shape index (κ2) is 6.20. The summed E-state index contributed by atoms with van der Waals surface area (Å²) in [5.41, 5.74) is 0.831. The Morgan fingerprint density at radius 2 is 2.30 bits per heavy atom. The number of nitrogens with one attached hydrogen (secondary N) is 1. The summed E-state index contributed by atoms with van der Waals surface area (Å²) in [5, 5.41) is 21.2. The molecule has 2 aromatic rings. The second-order valence-electron chi connectivity index (χ2n) is 3.85. The van der Waals surface area contributed by atoms with Crippen molar-refractivity contribution in [3.63, 3.8) is 0 Å². The van der Waals surface area contributed by atoms with Crippen molar-refractivity contribution in [3.05, 3.63) is 39.0 Å². The average molecular weight is 299 g/mol.